The topological polar surface area (TPSA) is 104 Å². The highest BCUT2D eigenvalue weighted by Crippen LogP contribution is 2.32. The van der Waals surface area contributed by atoms with Crippen molar-refractivity contribution < 1.29 is 4.79 Å². The highest BCUT2D eigenvalue weighted by molar-refractivity contribution is 7.97. The lowest BCUT2D eigenvalue weighted by molar-refractivity contribution is -0.136. The van der Waals surface area contributed by atoms with Crippen LogP contribution in [-0.4, -0.2) is 62.9 Å². The van der Waals surface area contributed by atoms with Crippen molar-refractivity contribution in [1.29, 1.82) is 0 Å². The number of fused-ring (bicyclic) bond motifs is 1. The number of hydrazine groups is 1. The van der Waals surface area contributed by atoms with E-state index in [1.165, 1.54) is 11.9 Å². The smallest absolute Gasteiger partial charge is 0.242 e. The summed E-state index contributed by atoms with van der Waals surface area (Å²) in [6, 6.07) is 2.09. The van der Waals surface area contributed by atoms with E-state index in [0.717, 1.165) is 73.8 Å². The fourth-order valence-corrected chi connectivity index (χ4v) is 5.30. The first-order valence-electron chi connectivity index (χ1n) is 10.4. The minimum atomic E-state index is -0.177. The Balaban J connectivity index is 1.44. The number of piperidine rings is 1. The van der Waals surface area contributed by atoms with E-state index in [9.17, 15) is 4.79 Å². The van der Waals surface area contributed by atoms with E-state index in [1.807, 2.05) is 21.7 Å². The summed E-state index contributed by atoms with van der Waals surface area (Å²) in [6.45, 7) is 4.64. The Bertz CT molecular complexity index is 911. The lowest BCUT2D eigenvalue weighted by atomic mass is 9.98. The fourth-order valence-electron chi connectivity index (χ4n) is 4.60. The number of hydrogen-bond donors (Lipinski definition) is 3. The van der Waals surface area contributed by atoms with E-state index in [4.69, 9.17) is 15.8 Å². The largest absolute Gasteiger partial charge is 0.355 e. The van der Waals surface area contributed by atoms with Gasteiger partial charge in [0.1, 0.15) is 11.9 Å². The minimum Gasteiger partial charge on any atom is -0.355 e. The number of nitrogens with two attached hydrogens (primary N) is 1. The molecule has 10 heteroatoms. The van der Waals surface area contributed by atoms with Gasteiger partial charge in [0.15, 0.2) is 5.65 Å². The summed E-state index contributed by atoms with van der Waals surface area (Å²) in [5.41, 5.74) is 12.0. The summed E-state index contributed by atoms with van der Waals surface area (Å²) in [7, 11) is 0. The third-order valence-corrected chi connectivity index (χ3v) is 6.89. The highest BCUT2D eigenvalue weighted by atomic mass is 32.2. The Morgan fingerprint density at radius 3 is 2.97 bits per heavy atom. The maximum Gasteiger partial charge on any atom is 0.242 e. The Morgan fingerprint density at radius 1 is 1.31 bits per heavy atom. The maximum absolute atomic E-state index is 13.1. The van der Waals surface area contributed by atoms with Crippen molar-refractivity contribution >= 4 is 29.3 Å². The molecule has 1 unspecified atom stereocenters. The molecule has 29 heavy (non-hydrogen) atoms. The molecule has 5 heterocycles. The van der Waals surface area contributed by atoms with Gasteiger partial charge in [-0.25, -0.2) is 19.8 Å². The second kappa shape index (κ2) is 7.75. The molecule has 3 fully saturated rings. The summed E-state index contributed by atoms with van der Waals surface area (Å²) >= 11 is 1.54. The van der Waals surface area contributed by atoms with Crippen LogP contribution in [0.1, 0.15) is 43.0 Å². The van der Waals surface area contributed by atoms with Crippen molar-refractivity contribution in [2.75, 3.05) is 30.3 Å². The molecule has 3 aliphatic heterocycles. The fraction of sp³-hybridized carbons (Fsp3) is 0.632. The Labute approximate surface area is 174 Å². The summed E-state index contributed by atoms with van der Waals surface area (Å²) in [5, 5.41) is 4.81. The molecular weight excluding hydrogens is 388 g/mol. The van der Waals surface area contributed by atoms with Crippen LogP contribution in [0.3, 0.4) is 0 Å². The van der Waals surface area contributed by atoms with Gasteiger partial charge in [-0.1, -0.05) is 11.9 Å². The van der Waals surface area contributed by atoms with E-state index < -0.39 is 0 Å². The van der Waals surface area contributed by atoms with Gasteiger partial charge in [0.05, 0.1) is 11.7 Å². The molecule has 2 aromatic heterocycles. The Hall–Kier alpha value is -1.88. The van der Waals surface area contributed by atoms with Crippen LogP contribution in [0, 0.1) is 6.92 Å². The van der Waals surface area contributed by atoms with E-state index in [1.54, 1.807) is 0 Å². The number of carbonyl (C=O) groups excluding carboxylic acids is 1. The zero-order valence-electron chi connectivity index (χ0n) is 16.7. The van der Waals surface area contributed by atoms with E-state index in [-0.39, 0.29) is 24.0 Å². The lowest BCUT2D eigenvalue weighted by Crippen LogP contribution is -2.49. The van der Waals surface area contributed by atoms with Gasteiger partial charge in [0.2, 0.25) is 5.91 Å². The second-order valence-corrected chi connectivity index (χ2v) is 9.09. The predicted molar refractivity (Wildman–Crippen MR) is 113 cm³/mol. The number of nitrogens with one attached hydrogen (secondary N) is 2. The molecule has 3 aliphatic rings. The van der Waals surface area contributed by atoms with Crippen LogP contribution >= 0.6 is 11.9 Å². The molecule has 3 saturated heterocycles. The monoisotopic (exact) mass is 416 g/mol. The lowest BCUT2D eigenvalue weighted by Gasteiger charge is -2.36. The van der Waals surface area contributed by atoms with Crippen LogP contribution in [0.4, 0.5) is 5.82 Å². The third kappa shape index (κ3) is 3.58. The van der Waals surface area contributed by atoms with Gasteiger partial charge in [0, 0.05) is 49.3 Å². The molecule has 0 spiro atoms. The van der Waals surface area contributed by atoms with Crippen LogP contribution in [0.5, 0.6) is 0 Å². The Kier molecular flexibility index (Phi) is 5.10. The van der Waals surface area contributed by atoms with Crippen LogP contribution < -0.4 is 20.9 Å². The van der Waals surface area contributed by atoms with E-state index >= 15 is 0 Å². The van der Waals surface area contributed by atoms with E-state index in [2.05, 4.69) is 22.1 Å². The molecule has 0 aromatic carbocycles. The minimum absolute atomic E-state index is 0.00863. The molecule has 4 N–H and O–H groups in total. The van der Waals surface area contributed by atoms with Crippen molar-refractivity contribution in [3.05, 3.63) is 23.5 Å². The average Bonchev–Trinajstić information content (AvgIpc) is 3.47. The Morgan fingerprint density at radius 2 is 2.21 bits per heavy atom. The normalized spacial score (nSPS) is 27.9. The number of likely N-dealkylation sites (tertiary alicyclic amines) is 1. The highest BCUT2D eigenvalue weighted by Gasteiger charge is 2.35. The molecule has 156 valence electrons. The maximum atomic E-state index is 13.1. The van der Waals surface area contributed by atoms with Gasteiger partial charge in [-0.15, -0.1) is 0 Å². The van der Waals surface area contributed by atoms with Crippen molar-refractivity contribution in [2.24, 2.45) is 5.73 Å². The van der Waals surface area contributed by atoms with Gasteiger partial charge in [-0.05, 0) is 32.6 Å². The molecule has 1 amide bonds. The number of anilines is 1. The van der Waals surface area contributed by atoms with E-state index in [0.29, 0.717) is 0 Å². The van der Waals surface area contributed by atoms with Crippen LogP contribution in [-0.2, 0) is 4.79 Å². The van der Waals surface area contributed by atoms with Gasteiger partial charge in [-0.2, -0.15) is 5.10 Å². The second-order valence-electron chi connectivity index (χ2n) is 8.27. The number of carbonyl (C=O) groups is 1. The van der Waals surface area contributed by atoms with Gasteiger partial charge < -0.3 is 15.5 Å². The number of amides is 1. The average molecular weight is 417 g/mol. The molecular formula is C19H28N8OS. The zero-order chi connectivity index (χ0) is 20.0. The van der Waals surface area contributed by atoms with Crippen LogP contribution in [0.25, 0.3) is 5.65 Å². The number of aromatic nitrogens is 3. The number of aryl methyl sites for hydroxylation is 1. The molecule has 0 saturated carbocycles. The summed E-state index contributed by atoms with van der Waals surface area (Å²) in [5.74, 6) is 1.89. The summed E-state index contributed by atoms with van der Waals surface area (Å²) < 4.78 is 1.85. The number of hydrogen-bond acceptors (Lipinski definition) is 8. The van der Waals surface area contributed by atoms with Crippen molar-refractivity contribution in [3.63, 3.8) is 0 Å². The zero-order valence-corrected chi connectivity index (χ0v) is 17.5. The number of rotatable bonds is 3. The van der Waals surface area contributed by atoms with Gasteiger partial charge in [-0.3, -0.25) is 4.79 Å². The summed E-state index contributed by atoms with van der Waals surface area (Å²) in [6.07, 6.45) is 6.13. The number of nitrogens with zero attached hydrogens (tertiary/aromatic N) is 5. The molecule has 0 radical (unpaired) electrons. The van der Waals surface area contributed by atoms with Crippen molar-refractivity contribution in [3.8, 4) is 0 Å². The van der Waals surface area contributed by atoms with Gasteiger partial charge in [0.25, 0.3) is 0 Å². The predicted octanol–water partition coefficient (Wildman–Crippen LogP) is 0.753. The first-order valence-corrected chi connectivity index (χ1v) is 11.4. The first-order chi connectivity index (χ1) is 14.1. The molecule has 9 nitrogen and oxygen atoms in total. The van der Waals surface area contributed by atoms with Crippen molar-refractivity contribution in [1.82, 2.24) is 29.8 Å². The molecule has 0 bridgehead atoms. The first kappa shape index (κ1) is 19.1. The third-order valence-electron chi connectivity index (χ3n) is 6.13. The van der Waals surface area contributed by atoms with Crippen LogP contribution in [0.2, 0.25) is 0 Å². The molecule has 0 aliphatic carbocycles. The SMILES string of the molecule is Cc1cn2nc([C@@H]3CCCCN3C(=O)C3CSNN3)cc2nc1N1CC[C@H](N)C1. The molecule has 3 atom stereocenters. The molecule has 2 aromatic rings. The standard InChI is InChI=1S/C19H28N8OS/c1-12-9-27-17(21-18(12)25-7-5-13(20)10-25)8-14(23-27)16-4-2-3-6-26(16)19(28)15-11-29-24-22-15/h8-9,13,15-16,22,24H,2-7,10-11,20H2,1H3/t13-,15?,16-/m0/s1. The van der Waals surface area contributed by atoms with Gasteiger partial charge >= 0.3 is 0 Å². The molecule has 5 rings (SSSR count). The van der Waals surface area contributed by atoms with Crippen molar-refractivity contribution in [2.45, 2.75) is 50.7 Å². The summed E-state index contributed by atoms with van der Waals surface area (Å²) in [4.78, 5) is 25.2. The quantitative estimate of drug-likeness (QED) is 0.630. The van der Waals surface area contributed by atoms with Crippen LogP contribution in [0.15, 0.2) is 12.3 Å².